The Labute approximate surface area is 351 Å². The fourth-order valence-electron chi connectivity index (χ4n) is 14.0. The van der Waals surface area contributed by atoms with Gasteiger partial charge in [-0.15, -0.1) is 0 Å². The molecular weight excluding hydrogens is 715 g/mol. The van der Waals surface area contributed by atoms with E-state index in [-0.39, 0.29) is 21.7 Å². The van der Waals surface area contributed by atoms with Crippen molar-refractivity contribution >= 4 is 17.1 Å². The van der Waals surface area contributed by atoms with E-state index < -0.39 is 0 Å². The number of fused-ring (bicyclic) bond motifs is 6. The van der Waals surface area contributed by atoms with Crippen LogP contribution < -0.4 is 9.64 Å². The van der Waals surface area contributed by atoms with E-state index in [4.69, 9.17) is 4.74 Å². The Bertz CT molecular complexity index is 2670. The average molecular weight is 772 g/mol. The molecule has 0 N–H and O–H groups in total. The van der Waals surface area contributed by atoms with E-state index in [1.54, 1.807) is 0 Å². The van der Waals surface area contributed by atoms with Crippen LogP contribution in [0.15, 0.2) is 127 Å². The van der Waals surface area contributed by atoms with Crippen molar-refractivity contribution in [3.05, 3.63) is 161 Å². The lowest BCUT2D eigenvalue weighted by Gasteiger charge is -2.63. The summed E-state index contributed by atoms with van der Waals surface area (Å²) in [6.07, 6.45) is 9.08. The third-order valence-corrected chi connectivity index (χ3v) is 16.8. The molecule has 4 bridgehead atoms. The van der Waals surface area contributed by atoms with Crippen LogP contribution in [0.3, 0.4) is 0 Å². The molecule has 0 amide bonds. The SMILES string of the molecule is CC1(C)CCC(C)(C)c2cc(N(c3ccc4c(c3)C(C)(C)c3ccccc3-4)c3ccc(-c4ccccc4)c4c3Oc3ccccc3C43C4CC5CC(C4)CC3C5)ccc21. The van der Waals surface area contributed by atoms with Gasteiger partial charge in [0, 0.05) is 33.3 Å². The second-order valence-electron chi connectivity index (χ2n) is 21.2. The van der Waals surface area contributed by atoms with E-state index in [1.807, 2.05) is 0 Å². The molecule has 6 aromatic carbocycles. The van der Waals surface area contributed by atoms with Gasteiger partial charge in [-0.3, -0.25) is 0 Å². The molecule has 59 heavy (non-hydrogen) atoms. The highest BCUT2D eigenvalue weighted by atomic mass is 16.5. The van der Waals surface area contributed by atoms with Gasteiger partial charge in [0.05, 0.1) is 5.69 Å². The lowest BCUT2D eigenvalue weighted by atomic mass is 9.41. The minimum atomic E-state index is -0.119. The lowest BCUT2D eigenvalue weighted by molar-refractivity contribution is -0.0449. The molecular formula is C57H57NO. The second kappa shape index (κ2) is 12.2. The minimum absolute atomic E-state index is 0.0740. The van der Waals surface area contributed by atoms with Crippen molar-refractivity contribution in [2.24, 2.45) is 23.7 Å². The average Bonchev–Trinajstić information content (AvgIpc) is 3.46. The molecule has 0 atom stereocenters. The van der Waals surface area contributed by atoms with Crippen LogP contribution in [-0.2, 0) is 21.7 Å². The summed E-state index contributed by atoms with van der Waals surface area (Å²) >= 11 is 0. The summed E-state index contributed by atoms with van der Waals surface area (Å²) in [5.41, 5.74) is 17.5. The Balaban J connectivity index is 1.16. The number of rotatable bonds is 4. The summed E-state index contributed by atoms with van der Waals surface area (Å²) in [6.45, 7) is 14.6. The summed E-state index contributed by atoms with van der Waals surface area (Å²) in [7, 11) is 0. The van der Waals surface area contributed by atoms with E-state index in [0.717, 1.165) is 29.0 Å². The van der Waals surface area contributed by atoms with Crippen LogP contribution in [0.4, 0.5) is 17.1 Å². The van der Waals surface area contributed by atoms with Crippen LogP contribution in [0.2, 0.25) is 0 Å². The first-order valence-electron chi connectivity index (χ1n) is 22.6. The highest BCUT2D eigenvalue weighted by molar-refractivity contribution is 5.90. The van der Waals surface area contributed by atoms with Crippen LogP contribution >= 0.6 is 0 Å². The Morgan fingerprint density at radius 3 is 1.80 bits per heavy atom. The van der Waals surface area contributed by atoms with Crippen molar-refractivity contribution in [3.63, 3.8) is 0 Å². The molecule has 1 aliphatic heterocycles. The summed E-state index contributed by atoms with van der Waals surface area (Å²) < 4.78 is 7.55. The van der Waals surface area contributed by atoms with E-state index >= 15 is 0 Å². The highest BCUT2D eigenvalue weighted by Gasteiger charge is 2.62. The zero-order valence-electron chi connectivity index (χ0n) is 35.7. The van der Waals surface area contributed by atoms with Crippen LogP contribution in [0.5, 0.6) is 11.5 Å². The van der Waals surface area contributed by atoms with Crippen molar-refractivity contribution in [3.8, 4) is 33.8 Å². The van der Waals surface area contributed by atoms with E-state index in [0.29, 0.717) is 11.8 Å². The highest BCUT2D eigenvalue weighted by Crippen LogP contribution is 2.71. The molecule has 0 radical (unpaired) electrons. The molecule has 2 heteroatoms. The van der Waals surface area contributed by atoms with Crippen molar-refractivity contribution in [1.82, 2.24) is 0 Å². The van der Waals surface area contributed by atoms with Gasteiger partial charge in [0.2, 0.25) is 0 Å². The molecule has 4 fully saturated rings. The number of benzene rings is 6. The molecule has 6 aliphatic carbocycles. The summed E-state index contributed by atoms with van der Waals surface area (Å²) in [4.78, 5) is 2.59. The molecule has 6 aromatic rings. The van der Waals surface area contributed by atoms with Gasteiger partial charge >= 0.3 is 0 Å². The molecule has 7 aliphatic rings. The van der Waals surface area contributed by atoms with Gasteiger partial charge in [-0.25, -0.2) is 0 Å². The lowest BCUT2D eigenvalue weighted by Crippen LogP contribution is -2.57. The standard InChI is InChI=1S/C57H57NO/c1-54(2)26-27-55(3,4)49-34-41(21-24-46(49)54)58(40-20-22-44-43-16-10-11-17-45(43)56(5,6)48(44)33-40)50-25-23-42(37-14-8-7-9-15-37)52-53(50)59-51-19-13-12-18-47(51)57(52)38-29-35-28-36(31-38)32-39(57)30-35/h7-25,33-36,38-39H,26-32H2,1-6H3. The largest absolute Gasteiger partial charge is 0.454 e. The molecule has 4 saturated carbocycles. The van der Waals surface area contributed by atoms with E-state index in [9.17, 15) is 0 Å². The molecule has 0 saturated heterocycles. The molecule has 0 aromatic heterocycles. The van der Waals surface area contributed by atoms with Crippen LogP contribution in [0.25, 0.3) is 22.3 Å². The number of anilines is 3. The quantitative estimate of drug-likeness (QED) is 0.177. The monoisotopic (exact) mass is 771 g/mol. The van der Waals surface area contributed by atoms with Gasteiger partial charge in [0.1, 0.15) is 5.75 Å². The fraction of sp³-hybridized carbons (Fsp3) is 0.368. The Morgan fingerprint density at radius 2 is 1.07 bits per heavy atom. The van der Waals surface area contributed by atoms with Gasteiger partial charge in [-0.1, -0.05) is 133 Å². The Hall–Kier alpha value is -5.08. The number of hydrogen-bond donors (Lipinski definition) is 0. The minimum Gasteiger partial charge on any atom is -0.454 e. The molecule has 296 valence electrons. The zero-order valence-corrected chi connectivity index (χ0v) is 35.7. The van der Waals surface area contributed by atoms with Crippen molar-refractivity contribution < 1.29 is 4.74 Å². The van der Waals surface area contributed by atoms with Crippen molar-refractivity contribution in [1.29, 1.82) is 0 Å². The first-order valence-corrected chi connectivity index (χ1v) is 22.6. The van der Waals surface area contributed by atoms with E-state index in [1.165, 1.54) is 112 Å². The third kappa shape index (κ3) is 4.92. The normalized spacial score (nSPS) is 26.6. The van der Waals surface area contributed by atoms with Crippen LogP contribution in [-0.4, -0.2) is 0 Å². The van der Waals surface area contributed by atoms with Gasteiger partial charge in [-0.2, -0.15) is 0 Å². The van der Waals surface area contributed by atoms with Crippen molar-refractivity contribution in [2.75, 3.05) is 4.90 Å². The second-order valence-corrected chi connectivity index (χ2v) is 21.2. The molecule has 1 heterocycles. The number of hydrogen-bond acceptors (Lipinski definition) is 2. The summed E-state index contributed by atoms with van der Waals surface area (Å²) in [5.74, 6) is 5.00. The third-order valence-electron chi connectivity index (χ3n) is 16.8. The number of para-hydroxylation sites is 1. The maximum atomic E-state index is 7.55. The number of nitrogens with zero attached hydrogens (tertiary/aromatic N) is 1. The predicted molar refractivity (Wildman–Crippen MR) is 244 cm³/mol. The predicted octanol–water partition coefficient (Wildman–Crippen LogP) is 15.3. The Kier molecular flexibility index (Phi) is 7.44. The van der Waals surface area contributed by atoms with Gasteiger partial charge in [0.15, 0.2) is 5.75 Å². The fourth-order valence-corrected chi connectivity index (χ4v) is 14.0. The first-order chi connectivity index (χ1) is 28.4. The maximum Gasteiger partial charge on any atom is 0.156 e. The van der Waals surface area contributed by atoms with Gasteiger partial charge in [-0.05, 0) is 160 Å². The van der Waals surface area contributed by atoms with Crippen molar-refractivity contribution in [2.45, 2.75) is 108 Å². The molecule has 2 nitrogen and oxygen atoms in total. The molecule has 0 unspecified atom stereocenters. The zero-order chi connectivity index (χ0) is 40.1. The number of ether oxygens (including phenoxy) is 1. The van der Waals surface area contributed by atoms with Crippen LogP contribution in [0, 0.1) is 23.7 Å². The van der Waals surface area contributed by atoms with Gasteiger partial charge in [0.25, 0.3) is 0 Å². The maximum absolute atomic E-state index is 7.55. The van der Waals surface area contributed by atoms with Crippen LogP contribution in [0.1, 0.15) is 120 Å². The molecule has 1 spiro atoms. The Morgan fingerprint density at radius 1 is 0.492 bits per heavy atom. The summed E-state index contributed by atoms with van der Waals surface area (Å²) in [6, 6.07) is 49.0. The first kappa shape index (κ1) is 35.8. The molecule has 13 rings (SSSR count). The smallest absolute Gasteiger partial charge is 0.156 e. The van der Waals surface area contributed by atoms with Gasteiger partial charge < -0.3 is 9.64 Å². The summed E-state index contributed by atoms with van der Waals surface area (Å²) in [5, 5.41) is 0. The van der Waals surface area contributed by atoms with E-state index in [2.05, 4.69) is 174 Å². The topological polar surface area (TPSA) is 12.5 Å².